The highest BCUT2D eigenvalue weighted by molar-refractivity contribution is 5.93. The zero-order valence-corrected chi connectivity index (χ0v) is 7.98. The molecule has 0 amide bonds. The summed E-state index contributed by atoms with van der Waals surface area (Å²) in [7, 11) is 1.23. The molecule has 0 fully saturated rings. The maximum atomic E-state index is 11.8. The molecule has 5 nitrogen and oxygen atoms in total. The number of hydrogen-bond donors (Lipinski definition) is 1. The number of methoxy groups -OCH3 is 1. The molecule has 76 valence electrons. The fourth-order valence-electron chi connectivity index (χ4n) is 1.32. The monoisotopic (exact) mass is 204 g/mol. The third-order valence-electron chi connectivity index (χ3n) is 2.09. The van der Waals surface area contributed by atoms with Crippen LogP contribution in [0.3, 0.4) is 0 Å². The Morgan fingerprint density at radius 2 is 2.33 bits per heavy atom. The number of H-pyrrole nitrogens is 1. The van der Waals surface area contributed by atoms with E-state index < -0.39 is 5.97 Å². The Morgan fingerprint density at radius 3 is 3.07 bits per heavy atom. The van der Waals surface area contributed by atoms with Gasteiger partial charge in [0.1, 0.15) is 5.56 Å². The van der Waals surface area contributed by atoms with Gasteiger partial charge in [0, 0.05) is 18.6 Å². The van der Waals surface area contributed by atoms with Gasteiger partial charge in [0.05, 0.1) is 18.0 Å². The van der Waals surface area contributed by atoms with Crippen molar-refractivity contribution in [3.63, 3.8) is 0 Å². The van der Waals surface area contributed by atoms with Crippen LogP contribution < -0.4 is 5.43 Å². The molecule has 15 heavy (non-hydrogen) atoms. The molecule has 2 aromatic rings. The van der Waals surface area contributed by atoms with Crippen LogP contribution in [0.4, 0.5) is 0 Å². The van der Waals surface area contributed by atoms with Crippen LogP contribution in [0.2, 0.25) is 0 Å². The van der Waals surface area contributed by atoms with E-state index in [1.807, 2.05) is 0 Å². The normalized spacial score (nSPS) is 10.2. The van der Waals surface area contributed by atoms with Crippen molar-refractivity contribution in [1.82, 2.24) is 9.97 Å². The average Bonchev–Trinajstić information content (AvgIpc) is 2.29. The highest BCUT2D eigenvalue weighted by atomic mass is 16.5. The summed E-state index contributed by atoms with van der Waals surface area (Å²) in [5, 5.41) is 0.375. The molecule has 0 unspecified atom stereocenters. The number of aromatic amines is 1. The van der Waals surface area contributed by atoms with Gasteiger partial charge in [0.25, 0.3) is 0 Å². The molecule has 0 aliphatic rings. The van der Waals surface area contributed by atoms with Crippen LogP contribution in [0.25, 0.3) is 10.9 Å². The lowest BCUT2D eigenvalue weighted by molar-refractivity contribution is 0.0599. The fourth-order valence-corrected chi connectivity index (χ4v) is 1.32. The van der Waals surface area contributed by atoms with Gasteiger partial charge in [-0.15, -0.1) is 0 Å². The van der Waals surface area contributed by atoms with Gasteiger partial charge < -0.3 is 9.72 Å². The van der Waals surface area contributed by atoms with Gasteiger partial charge in [-0.2, -0.15) is 0 Å². The highest BCUT2D eigenvalue weighted by Gasteiger charge is 2.12. The maximum Gasteiger partial charge on any atom is 0.343 e. The smallest absolute Gasteiger partial charge is 0.343 e. The molecule has 0 radical (unpaired) electrons. The Kier molecular flexibility index (Phi) is 2.21. The maximum absolute atomic E-state index is 11.8. The van der Waals surface area contributed by atoms with Crippen molar-refractivity contribution in [3.8, 4) is 0 Å². The Labute approximate surface area is 84.7 Å². The second-order valence-electron chi connectivity index (χ2n) is 2.94. The van der Waals surface area contributed by atoms with Crippen molar-refractivity contribution in [2.24, 2.45) is 0 Å². The van der Waals surface area contributed by atoms with E-state index in [-0.39, 0.29) is 11.0 Å². The third-order valence-corrected chi connectivity index (χ3v) is 2.09. The first kappa shape index (κ1) is 9.39. The molecule has 0 saturated heterocycles. The van der Waals surface area contributed by atoms with E-state index in [0.29, 0.717) is 10.9 Å². The van der Waals surface area contributed by atoms with Crippen molar-refractivity contribution >= 4 is 16.9 Å². The van der Waals surface area contributed by atoms with Crippen molar-refractivity contribution in [2.45, 2.75) is 0 Å². The van der Waals surface area contributed by atoms with Gasteiger partial charge in [0.2, 0.25) is 5.43 Å². The average molecular weight is 204 g/mol. The van der Waals surface area contributed by atoms with Crippen molar-refractivity contribution < 1.29 is 9.53 Å². The molecule has 0 bridgehead atoms. The zero-order valence-electron chi connectivity index (χ0n) is 7.98. The summed E-state index contributed by atoms with van der Waals surface area (Å²) in [6, 6.07) is 1.66. The molecule has 0 atom stereocenters. The van der Waals surface area contributed by atoms with Crippen molar-refractivity contribution in [1.29, 1.82) is 0 Å². The summed E-state index contributed by atoms with van der Waals surface area (Å²) in [5.74, 6) is -0.651. The van der Waals surface area contributed by atoms with E-state index in [0.717, 1.165) is 0 Å². The second kappa shape index (κ2) is 3.53. The second-order valence-corrected chi connectivity index (χ2v) is 2.94. The minimum atomic E-state index is -0.651. The number of nitrogens with zero attached hydrogens (tertiary/aromatic N) is 1. The van der Waals surface area contributed by atoms with Gasteiger partial charge >= 0.3 is 5.97 Å². The van der Waals surface area contributed by atoms with Crippen molar-refractivity contribution in [2.75, 3.05) is 7.11 Å². The summed E-state index contributed by atoms with van der Waals surface area (Å²) < 4.78 is 4.49. The summed E-state index contributed by atoms with van der Waals surface area (Å²) in [5.41, 5.74) is 0.254. The number of carbonyl (C=O) groups excluding carboxylic acids is 1. The van der Waals surface area contributed by atoms with Crippen LogP contribution in [0.1, 0.15) is 10.4 Å². The molecule has 5 heteroatoms. The lowest BCUT2D eigenvalue weighted by Gasteiger charge is -2.00. The first-order valence-corrected chi connectivity index (χ1v) is 4.28. The molecule has 2 heterocycles. The quantitative estimate of drug-likeness (QED) is 0.694. The van der Waals surface area contributed by atoms with E-state index in [2.05, 4.69) is 14.7 Å². The summed E-state index contributed by atoms with van der Waals surface area (Å²) in [6.07, 6.45) is 4.33. The van der Waals surface area contributed by atoms with Gasteiger partial charge in [-0.3, -0.25) is 9.78 Å². The van der Waals surface area contributed by atoms with E-state index in [1.54, 1.807) is 12.3 Å². The van der Waals surface area contributed by atoms with Gasteiger partial charge in [-0.05, 0) is 6.07 Å². The SMILES string of the molecule is COC(=O)c1c[nH]c2ccncc2c1=O. The lowest BCUT2D eigenvalue weighted by atomic mass is 10.2. The van der Waals surface area contributed by atoms with Crippen LogP contribution in [-0.4, -0.2) is 23.0 Å². The first-order valence-electron chi connectivity index (χ1n) is 4.28. The molecular formula is C10H8N2O3. The predicted molar refractivity (Wildman–Crippen MR) is 53.7 cm³/mol. The standard InChI is InChI=1S/C10H8N2O3/c1-15-10(14)7-5-12-8-2-3-11-4-6(8)9(7)13/h2-5H,1H3,(H,12,13). The molecule has 2 rings (SSSR count). The number of carbonyl (C=O) groups is 1. The van der Waals surface area contributed by atoms with E-state index in [1.165, 1.54) is 19.5 Å². The van der Waals surface area contributed by atoms with Gasteiger partial charge in [-0.1, -0.05) is 0 Å². The lowest BCUT2D eigenvalue weighted by Crippen LogP contribution is -2.16. The van der Waals surface area contributed by atoms with Crippen LogP contribution >= 0.6 is 0 Å². The van der Waals surface area contributed by atoms with Crippen LogP contribution in [0, 0.1) is 0 Å². The molecule has 0 saturated carbocycles. The number of pyridine rings is 2. The summed E-state index contributed by atoms with van der Waals surface area (Å²) in [4.78, 5) is 29.6. The Hall–Kier alpha value is -2.17. The van der Waals surface area contributed by atoms with E-state index >= 15 is 0 Å². The Morgan fingerprint density at radius 1 is 1.53 bits per heavy atom. The molecule has 0 aliphatic heterocycles. The largest absolute Gasteiger partial charge is 0.465 e. The van der Waals surface area contributed by atoms with Crippen LogP contribution in [0.15, 0.2) is 29.5 Å². The predicted octanol–water partition coefficient (Wildman–Crippen LogP) is 0.710. The first-order chi connectivity index (χ1) is 7.24. The Bertz CT molecular complexity index is 574. The third kappa shape index (κ3) is 1.48. The van der Waals surface area contributed by atoms with Crippen LogP contribution in [-0.2, 0) is 4.74 Å². The number of aromatic nitrogens is 2. The van der Waals surface area contributed by atoms with E-state index in [9.17, 15) is 9.59 Å². The van der Waals surface area contributed by atoms with Crippen molar-refractivity contribution in [3.05, 3.63) is 40.4 Å². The number of rotatable bonds is 1. The number of ether oxygens (including phenoxy) is 1. The van der Waals surface area contributed by atoms with E-state index in [4.69, 9.17) is 0 Å². The molecule has 2 aromatic heterocycles. The molecule has 0 aromatic carbocycles. The minimum Gasteiger partial charge on any atom is -0.465 e. The molecule has 0 aliphatic carbocycles. The number of fused-ring (bicyclic) bond motifs is 1. The minimum absolute atomic E-state index is 0.0157. The topological polar surface area (TPSA) is 72.1 Å². The van der Waals surface area contributed by atoms with Gasteiger partial charge in [-0.25, -0.2) is 4.79 Å². The summed E-state index contributed by atoms with van der Waals surface area (Å²) in [6.45, 7) is 0. The van der Waals surface area contributed by atoms with Crippen LogP contribution in [0.5, 0.6) is 0 Å². The number of esters is 1. The molecule has 0 spiro atoms. The molecular weight excluding hydrogens is 196 g/mol. The molecule has 1 N–H and O–H groups in total. The Balaban J connectivity index is 2.76. The summed E-state index contributed by atoms with van der Waals surface area (Å²) >= 11 is 0. The van der Waals surface area contributed by atoms with Gasteiger partial charge in [0.15, 0.2) is 0 Å². The highest BCUT2D eigenvalue weighted by Crippen LogP contribution is 2.05. The number of hydrogen-bond acceptors (Lipinski definition) is 4. The zero-order chi connectivity index (χ0) is 10.8. The number of nitrogens with one attached hydrogen (secondary N) is 1. The fraction of sp³-hybridized carbons (Fsp3) is 0.100.